The van der Waals surface area contributed by atoms with Gasteiger partial charge in [-0.25, -0.2) is 0 Å². The first kappa shape index (κ1) is 17.0. The van der Waals surface area contributed by atoms with Crippen LogP contribution in [0.25, 0.3) is 0 Å². The van der Waals surface area contributed by atoms with Crippen LogP contribution >= 0.6 is 0 Å². The smallest absolute Gasteiger partial charge is 0.0107 e. The number of rotatable bonds is 8. The summed E-state index contributed by atoms with van der Waals surface area (Å²) in [4.78, 5) is 2.69. The fourth-order valence-electron chi connectivity index (χ4n) is 3.38. The van der Waals surface area contributed by atoms with Crippen LogP contribution in [0.2, 0.25) is 0 Å². The Morgan fingerprint density at radius 3 is 2.47 bits per heavy atom. The topological polar surface area (TPSA) is 15.3 Å². The Hall–Kier alpha value is -0.0800. The summed E-state index contributed by atoms with van der Waals surface area (Å²) in [5.74, 6) is 0.864. The molecule has 1 aliphatic rings. The molecule has 2 nitrogen and oxygen atoms in total. The molecule has 0 aromatic carbocycles. The van der Waals surface area contributed by atoms with E-state index in [0.717, 1.165) is 18.0 Å². The summed E-state index contributed by atoms with van der Waals surface area (Å²) in [5, 5.41) is 3.82. The van der Waals surface area contributed by atoms with Crippen LogP contribution in [0, 0.1) is 5.92 Å². The lowest BCUT2D eigenvalue weighted by molar-refractivity contribution is 0.156. The van der Waals surface area contributed by atoms with Crippen molar-refractivity contribution in [3.05, 3.63) is 0 Å². The SMILES string of the molecule is CCCNC1CCCCCC1CN(CC)C(C)CC. The summed E-state index contributed by atoms with van der Waals surface area (Å²) in [6, 6.07) is 1.50. The highest BCUT2D eigenvalue weighted by Gasteiger charge is 2.25. The summed E-state index contributed by atoms with van der Waals surface area (Å²) in [6.45, 7) is 13.0. The van der Waals surface area contributed by atoms with Crippen LogP contribution in [0.15, 0.2) is 0 Å². The molecule has 0 bridgehead atoms. The highest BCUT2D eigenvalue weighted by Crippen LogP contribution is 2.25. The number of nitrogens with zero attached hydrogens (tertiary/aromatic N) is 1. The Kier molecular flexibility index (Phi) is 8.72. The van der Waals surface area contributed by atoms with E-state index in [4.69, 9.17) is 0 Å². The molecule has 1 aliphatic carbocycles. The summed E-state index contributed by atoms with van der Waals surface area (Å²) in [6.07, 6.45) is 9.65. The van der Waals surface area contributed by atoms with Gasteiger partial charge >= 0.3 is 0 Å². The predicted molar refractivity (Wildman–Crippen MR) is 85.7 cm³/mol. The van der Waals surface area contributed by atoms with Gasteiger partial charge in [0.1, 0.15) is 0 Å². The molecule has 0 radical (unpaired) electrons. The second-order valence-electron chi connectivity index (χ2n) is 6.30. The van der Waals surface area contributed by atoms with Gasteiger partial charge < -0.3 is 10.2 Å². The van der Waals surface area contributed by atoms with Crippen molar-refractivity contribution in [2.45, 2.75) is 84.7 Å². The lowest BCUT2D eigenvalue weighted by Crippen LogP contribution is -2.44. The quantitative estimate of drug-likeness (QED) is 0.668. The van der Waals surface area contributed by atoms with Crippen molar-refractivity contribution in [1.82, 2.24) is 10.2 Å². The average molecular weight is 268 g/mol. The van der Waals surface area contributed by atoms with Crippen molar-refractivity contribution in [2.24, 2.45) is 5.92 Å². The Labute approximate surface area is 121 Å². The van der Waals surface area contributed by atoms with Crippen molar-refractivity contribution in [3.63, 3.8) is 0 Å². The second kappa shape index (κ2) is 9.77. The zero-order valence-corrected chi connectivity index (χ0v) is 13.8. The minimum Gasteiger partial charge on any atom is -0.314 e. The minimum atomic E-state index is 0.736. The zero-order chi connectivity index (χ0) is 14.1. The van der Waals surface area contributed by atoms with Crippen molar-refractivity contribution in [3.8, 4) is 0 Å². The van der Waals surface area contributed by atoms with E-state index in [-0.39, 0.29) is 0 Å². The van der Waals surface area contributed by atoms with E-state index in [2.05, 4.69) is 37.9 Å². The molecular formula is C17H36N2. The van der Waals surface area contributed by atoms with Crippen LogP contribution in [0.4, 0.5) is 0 Å². The van der Waals surface area contributed by atoms with Gasteiger partial charge in [0.2, 0.25) is 0 Å². The highest BCUT2D eigenvalue weighted by atomic mass is 15.1. The largest absolute Gasteiger partial charge is 0.314 e. The molecule has 0 aliphatic heterocycles. The molecule has 19 heavy (non-hydrogen) atoms. The van der Waals surface area contributed by atoms with E-state index >= 15 is 0 Å². The monoisotopic (exact) mass is 268 g/mol. The van der Waals surface area contributed by atoms with E-state index < -0.39 is 0 Å². The summed E-state index contributed by atoms with van der Waals surface area (Å²) in [7, 11) is 0. The maximum Gasteiger partial charge on any atom is 0.0107 e. The molecule has 0 saturated heterocycles. The first-order valence-corrected chi connectivity index (χ1v) is 8.70. The number of hydrogen-bond acceptors (Lipinski definition) is 2. The standard InChI is InChI=1S/C17H36N2/c1-5-13-18-17-12-10-8-9-11-16(17)14-19(7-3)15(4)6-2/h15-18H,5-14H2,1-4H3. The van der Waals surface area contributed by atoms with Gasteiger partial charge in [0.15, 0.2) is 0 Å². The Morgan fingerprint density at radius 2 is 1.84 bits per heavy atom. The van der Waals surface area contributed by atoms with Gasteiger partial charge in [-0.15, -0.1) is 0 Å². The first-order chi connectivity index (χ1) is 9.22. The van der Waals surface area contributed by atoms with Crippen LogP contribution in [0.5, 0.6) is 0 Å². The van der Waals surface area contributed by atoms with E-state index in [1.54, 1.807) is 0 Å². The molecule has 3 atom stereocenters. The maximum absolute atomic E-state index is 3.82. The summed E-state index contributed by atoms with van der Waals surface area (Å²) >= 11 is 0. The third-order valence-corrected chi connectivity index (χ3v) is 4.90. The van der Waals surface area contributed by atoms with E-state index in [9.17, 15) is 0 Å². The lowest BCUT2D eigenvalue weighted by Gasteiger charge is -2.34. The molecule has 1 fully saturated rings. The third-order valence-electron chi connectivity index (χ3n) is 4.90. The van der Waals surface area contributed by atoms with Gasteiger partial charge in [0.05, 0.1) is 0 Å². The van der Waals surface area contributed by atoms with Crippen LogP contribution < -0.4 is 5.32 Å². The normalized spacial score (nSPS) is 26.4. The van der Waals surface area contributed by atoms with Crippen molar-refractivity contribution in [1.29, 1.82) is 0 Å². The molecular weight excluding hydrogens is 232 g/mol. The van der Waals surface area contributed by atoms with Crippen LogP contribution in [0.1, 0.15) is 72.6 Å². The molecule has 1 saturated carbocycles. The number of hydrogen-bond donors (Lipinski definition) is 1. The molecule has 0 amide bonds. The summed E-state index contributed by atoms with van der Waals surface area (Å²) < 4.78 is 0. The van der Waals surface area contributed by atoms with E-state index in [1.807, 2.05) is 0 Å². The van der Waals surface area contributed by atoms with Crippen LogP contribution in [-0.4, -0.2) is 36.6 Å². The molecule has 0 heterocycles. The number of nitrogens with one attached hydrogen (secondary N) is 1. The highest BCUT2D eigenvalue weighted by molar-refractivity contribution is 4.82. The fourth-order valence-corrected chi connectivity index (χ4v) is 3.38. The molecule has 1 rings (SSSR count). The molecule has 3 unspecified atom stereocenters. The molecule has 1 N–H and O–H groups in total. The van der Waals surface area contributed by atoms with Gasteiger partial charge in [-0.2, -0.15) is 0 Å². The molecule has 0 aromatic rings. The van der Waals surface area contributed by atoms with Crippen molar-refractivity contribution < 1.29 is 0 Å². The van der Waals surface area contributed by atoms with Gasteiger partial charge in [-0.1, -0.05) is 40.0 Å². The Morgan fingerprint density at radius 1 is 1.11 bits per heavy atom. The molecule has 0 spiro atoms. The van der Waals surface area contributed by atoms with E-state index in [0.29, 0.717) is 0 Å². The minimum absolute atomic E-state index is 0.736. The molecule has 2 heteroatoms. The van der Waals surface area contributed by atoms with Crippen molar-refractivity contribution >= 4 is 0 Å². The average Bonchev–Trinajstić information content (AvgIpc) is 2.66. The molecule has 114 valence electrons. The van der Waals surface area contributed by atoms with Crippen LogP contribution in [-0.2, 0) is 0 Å². The first-order valence-electron chi connectivity index (χ1n) is 8.70. The van der Waals surface area contributed by atoms with Crippen LogP contribution in [0.3, 0.4) is 0 Å². The fraction of sp³-hybridized carbons (Fsp3) is 1.00. The lowest BCUT2D eigenvalue weighted by atomic mass is 9.93. The van der Waals surface area contributed by atoms with Gasteiger partial charge in [0, 0.05) is 18.6 Å². The Bertz CT molecular complexity index is 217. The summed E-state index contributed by atoms with van der Waals surface area (Å²) in [5.41, 5.74) is 0. The predicted octanol–water partition coefficient (Wildman–Crippen LogP) is 4.06. The Balaban J connectivity index is 2.57. The third kappa shape index (κ3) is 5.83. The van der Waals surface area contributed by atoms with Crippen molar-refractivity contribution in [2.75, 3.05) is 19.6 Å². The van der Waals surface area contributed by atoms with Gasteiger partial charge in [0.25, 0.3) is 0 Å². The second-order valence-corrected chi connectivity index (χ2v) is 6.30. The maximum atomic E-state index is 3.82. The molecule has 0 aromatic heterocycles. The van der Waals surface area contributed by atoms with Gasteiger partial charge in [-0.05, 0) is 51.6 Å². The van der Waals surface area contributed by atoms with E-state index in [1.165, 1.54) is 64.6 Å². The van der Waals surface area contributed by atoms with Gasteiger partial charge in [-0.3, -0.25) is 0 Å². The zero-order valence-electron chi connectivity index (χ0n) is 13.8.